The first kappa shape index (κ1) is 21.5. The Morgan fingerprint density at radius 2 is 1.80 bits per heavy atom. The van der Waals surface area contributed by atoms with E-state index in [1.807, 2.05) is 49.1 Å². The minimum atomic E-state index is 0.149. The fourth-order valence-corrected chi connectivity index (χ4v) is 3.42. The number of anilines is 1. The minimum absolute atomic E-state index is 0.149. The lowest BCUT2D eigenvalue weighted by molar-refractivity contribution is -0.131. The molecule has 160 valence electrons. The molecular formula is C23H30N4O3. The van der Waals surface area contributed by atoms with E-state index in [0.717, 1.165) is 5.75 Å². The molecule has 0 saturated heterocycles. The van der Waals surface area contributed by atoms with Crippen molar-refractivity contribution in [3.63, 3.8) is 0 Å². The maximum atomic E-state index is 12.5. The van der Waals surface area contributed by atoms with Crippen LogP contribution < -0.4 is 20.5 Å². The number of rotatable bonds is 9. The minimum Gasteiger partial charge on any atom is -0.494 e. The summed E-state index contributed by atoms with van der Waals surface area (Å²) in [7, 11) is 0. The second-order valence-electron chi connectivity index (χ2n) is 7.04. The van der Waals surface area contributed by atoms with Crippen LogP contribution >= 0.6 is 0 Å². The van der Waals surface area contributed by atoms with E-state index in [9.17, 15) is 4.79 Å². The number of benzene rings is 2. The molecular weight excluding hydrogens is 380 g/mol. The van der Waals surface area contributed by atoms with Gasteiger partial charge >= 0.3 is 0 Å². The van der Waals surface area contributed by atoms with Gasteiger partial charge in [-0.2, -0.15) is 0 Å². The van der Waals surface area contributed by atoms with Crippen LogP contribution in [0.25, 0.3) is 0 Å². The van der Waals surface area contributed by atoms with Gasteiger partial charge in [-0.05, 0) is 43.5 Å². The van der Waals surface area contributed by atoms with Crippen LogP contribution in [0.3, 0.4) is 0 Å². The number of carbonyl (C=O) groups excluding carboxylic acids is 1. The van der Waals surface area contributed by atoms with Crippen molar-refractivity contribution in [2.24, 2.45) is 10.7 Å². The molecule has 0 aliphatic carbocycles. The standard InChI is InChI=1S/C23H30N4O3/c1-3-29-19-11-12-21(30-4-2)20(14-19)26-23(24)25-13-7-10-22(28)27-15-17-8-5-6-9-18(17)16-27/h5-6,8-9,11-12,14H,3-4,7,10,13,15-16H2,1-2H3,(H3,24,25,26). The van der Waals surface area contributed by atoms with Crippen LogP contribution in [-0.2, 0) is 17.9 Å². The molecule has 0 atom stereocenters. The molecule has 7 nitrogen and oxygen atoms in total. The normalized spacial score (nSPS) is 13.1. The molecule has 2 aromatic carbocycles. The zero-order chi connectivity index (χ0) is 21.3. The summed E-state index contributed by atoms with van der Waals surface area (Å²) >= 11 is 0. The highest BCUT2D eigenvalue weighted by atomic mass is 16.5. The molecule has 7 heteroatoms. The molecule has 3 rings (SSSR count). The van der Waals surface area contributed by atoms with Crippen LogP contribution in [0.4, 0.5) is 5.69 Å². The second-order valence-corrected chi connectivity index (χ2v) is 7.04. The molecule has 0 aromatic heterocycles. The molecule has 2 aromatic rings. The number of hydrogen-bond acceptors (Lipinski definition) is 4. The number of guanidine groups is 1. The Bertz CT molecular complexity index is 873. The largest absolute Gasteiger partial charge is 0.494 e. The zero-order valence-corrected chi connectivity index (χ0v) is 17.7. The molecule has 0 spiro atoms. The van der Waals surface area contributed by atoms with Crippen LogP contribution in [0.15, 0.2) is 47.5 Å². The molecule has 0 unspecified atom stereocenters. The SMILES string of the molecule is CCOc1ccc(OCC)c(NC(N)=NCCCC(=O)N2Cc3ccccc3C2)c1. The van der Waals surface area contributed by atoms with E-state index in [1.54, 1.807) is 0 Å². The van der Waals surface area contributed by atoms with Gasteiger partial charge < -0.3 is 25.4 Å². The van der Waals surface area contributed by atoms with E-state index in [1.165, 1.54) is 11.1 Å². The first-order valence-corrected chi connectivity index (χ1v) is 10.4. The van der Waals surface area contributed by atoms with Crippen molar-refractivity contribution in [3.05, 3.63) is 53.6 Å². The predicted molar refractivity (Wildman–Crippen MR) is 119 cm³/mol. The first-order chi connectivity index (χ1) is 14.6. The summed E-state index contributed by atoms with van der Waals surface area (Å²) in [5.41, 5.74) is 9.21. The van der Waals surface area contributed by atoms with Gasteiger partial charge in [-0.25, -0.2) is 0 Å². The monoisotopic (exact) mass is 410 g/mol. The number of carbonyl (C=O) groups is 1. The van der Waals surface area contributed by atoms with Gasteiger partial charge in [0.25, 0.3) is 0 Å². The summed E-state index contributed by atoms with van der Waals surface area (Å²) in [6.07, 6.45) is 1.10. The molecule has 0 bridgehead atoms. The van der Waals surface area contributed by atoms with Gasteiger partial charge in [0.05, 0.1) is 18.9 Å². The van der Waals surface area contributed by atoms with Crippen molar-refractivity contribution < 1.29 is 14.3 Å². The fraction of sp³-hybridized carbons (Fsp3) is 0.391. The molecule has 1 aliphatic rings. The van der Waals surface area contributed by atoms with Gasteiger partial charge in [0.2, 0.25) is 5.91 Å². The first-order valence-electron chi connectivity index (χ1n) is 10.4. The number of fused-ring (bicyclic) bond motifs is 1. The molecule has 1 amide bonds. The molecule has 1 heterocycles. The third kappa shape index (κ3) is 5.65. The zero-order valence-electron chi connectivity index (χ0n) is 17.7. The summed E-state index contributed by atoms with van der Waals surface area (Å²) in [6.45, 7) is 6.83. The van der Waals surface area contributed by atoms with E-state index < -0.39 is 0 Å². The summed E-state index contributed by atoms with van der Waals surface area (Å²) < 4.78 is 11.2. The predicted octanol–water partition coefficient (Wildman–Crippen LogP) is 3.53. The summed E-state index contributed by atoms with van der Waals surface area (Å²) in [5, 5.41) is 3.08. The Morgan fingerprint density at radius 3 is 2.47 bits per heavy atom. The van der Waals surface area contributed by atoms with Gasteiger partial charge in [0.1, 0.15) is 11.5 Å². The van der Waals surface area contributed by atoms with E-state index in [-0.39, 0.29) is 11.9 Å². The van der Waals surface area contributed by atoms with Gasteiger partial charge in [0, 0.05) is 32.1 Å². The van der Waals surface area contributed by atoms with E-state index in [4.69, 9.17) is 15.2 Å². The highest BCUT2D eigenvalue weighted by Crippen LogP contribution is 2.29. The third-order valence-electron chi connectivity index (χ3n) is 4.85. The van der Waals surface area contributed by atoms with Crippen LogP contribution in [0.5, 0.6) is 11.5 Å². The maximum Gasteiger partial charge on any atom is 0.223 e. The van der Waals surface area contributed by atoms with Gasteiger partial charge in [-0.1, -0.05) is 24.3 Å². The van der Waals surface area contributed by atoms with Crippen LogP contribution in [0, 0.1) is 0 Å². The van der Waals surface area contributed by atoms with E-state index >= 15 is 0 Å². The number of nitrogens with two attached hydrogens (primary N) is 1. The number of hydrogen-bond donors (Lipinski definition) is 2. The quantitative estimate of drug-likeness (QED) is 0.375. The van der Waals surface area contributed by atoms with Gasteiger partial charge in [-0.3, -0.25) is 9.79 Å². The lowest BCUT2D eigenvalue weighted by Gasteiger charge is -2.15. The van der Waals surface area contributed by atoms with Crippen molar-refractivity contribution in [2.75, 3.05) is 25.1 Å². The lowest BCUT2D eigenvalue weighted by atomic mass is 10.1. The number of nitrogens with zero attached hydrogens (tertiary/aromatic N) is 2. The number of nitrogens with one attached hydrogen (secondary N) is 1. The molecule has 3 N–H and O–H groups in total. The Balaban J connectivity index is 1.49. The summed E-state index contributed by atoms with van der Waals surface area (Å²) in [4.78, 5) is 18.7. The molecule has 0 radical (unpaired) electrons. The molecule has 30 heavy (non-hydrogen) atoms. The average molecular weight is 411 g/mol. The van der Waals surface area contributed by atoms with Crippen molar-refractivity contribution in [1.29, 1.82) is 0 Å². The Morgan fingerprint density at radius 1 is 1.10 bits per heavy atom. The second kappa shape index (κ2) is 10.5. The number of aliphatic imine (C=N–C) groups is 1. The smallest absolute Gasteiger partial charge is 0.223 e. The van der Waals surface area contributed by atoms with E-state index in [2.05, 4.69) is 22.4 Å². The Labute approximate surface area is 177 Å². The van der Waals surface area contributed by atoms with Crippen LogP contribution in [0.1, 0.15) is 37.8 Å². The highest BCUT2D eigenvalue weighted by Gasteiger charge is 2.22. The molecule has 0 saturated carbocycles. The lowest BCUT2D eigenvalue weighted by Crippen LogP contribution is -2.25. The van der Waals surface area contributed by atoms with E-state index in [0.29, 0.717) is 57.1 Å². The average Bonchev–Trinajstić information content (AvgIpc) is 3.18. The van der Waals surface area contributed by atoms with Crippen LogP contribution in [-0.4, -0.2) is 36.5 Å². The van der Waals surface area contributed by atoms with Gasteiger partial charge in [-0.15, -0.1) is 0 Å². The Hall–Kier alpha value is -3.22. The third-order valence-corrected chi connectivity index (χ3v) is 4.85. The van der Waals surface area contributed by atoms with Crippen molar-refractivity contribution >= 4 is 17.6 Å². The van der Waals surface area contributed by atoms with Crippen molar-refractivity contribution in [2.45, 2.75) is 39.8 Å². The van der Waals surface area contributed by atoms with Crippen molar-refractivity contribution in [3.8, 4) is 11.5 Å². The summed E-state index contributed by atoms with van der Waals surface area (Å²) in [5.74, 6) is 1.85. The Kier molecular flexibility index (Phi) is 7.54. The fourth-order valence-electron chi connectivity index (χ4n) is 3.42. The molecule has 1 aliphatic heterocycles. The maximum absolute atomic E-state index is 12.5. The number of amides is 1. The number of ether oxygens (including phenoxy) is 2. The van der Waals surface area contributed by atoms with Gasteiger partial charge in [0.15, 0.2) is 5.96 Å². The summed E-state index contributed by atoms with van der Waals surface area (Å²) in [6, 6.07) is 13.7. The topological polar surface area (TPSA) is 89.2 Å². The molecule has 0 fully saturated rings. The van der Waals surface area contributed by atoms with Crippen molar-refractivity contribution in [1.82, 2.24) is 4.90 Å². The highest BCUT2D eigenvalue weighted by molar-refractivity contribution is 5.94. The van der Waals surface area contributed by atoms with Crippen LogP contribution in [0.2, 0.25) is 0 Å².